The van der Waals surface area contributed by atoms with E-state index >= 15 is 0 Å². The van der Waals surface area contributed by atoms with Crippen LogP contribution in [-0.2, 0) is 6.42 Å². The summed E-state index contributed by atoms with van der Waals surface area (Å²) in [5.74, 6) is 0.145. The largest absolute Gasteiger partial charge is 0.494 e. The Bertz CT molecular complexity index is 240. The van der Waals surface area contributed by atoms with Crippen LogP contribution < -0.4 is 0 Å². The molecular formula is C7H11NO2. The molecule has 0 aliphatic carbocycles. The maximum absolute atomic E-state index is 9.10. The van der Waals surface area contributed by atoms with Crippen molar-refractivity contribution in [3.63, 3.8) is 0 Å². The van der Waals surface area contributed by atoms with E-state index in [9.17, 15) is 0 Å². The van der Waals surface area contributed by atoms with Gasteiger partial charge in [0, 0.05) is 11.1 Å². The predicted octanol–water partition coefficient (Wildman–Crippen LogP) is 1.30. The lowest BCUT2D eigenvalue weighted by Crippen LogP contribution is -1.78. The van der Waals surface area contributed by atoms with Gasteiger partial charge in [0.05, 0.1) is 0 Å². The minimum absolute atomic E-state index is 0.0642. The van der Waals surface area contributed by atoms with Crippen molar-refractivity contribution in [3.8, 4) is 11.8 Å². The van der Waals surface area contributed by atoms with Gasteiger partial charge in [-0.1, -0.05) is 6.92 Å². The molecule has 1 aromatic heterocycles. The van der Waals surface area contributed by atoms with E-state index in [4.69, 9.17) is 10.2 Å². The summed E-state index contributed by atoms with van der Waals surface area (Å²) in [6, 6.07) is 0. The third kappa shape index (κ3) is 0.835. The second-order valence-electron chi connectivity index (χ2n) is 2.28. The van der Waals surface area contributed by atoms with Crippen molar-refractivity contribution in [3.05, 3.63) is 11.1 Å². The fourth-order valence-corrected chi connectivity index (χ4v) is 1.03. The molecule has 0 radical (unpaired) electrons. The normalized spacial score (nSPS) is 10.2. The van der Waals surface area contributed by atoms with Crippen LogP contribution >= 0.6 is 0 Å². The van der Waals surface area contributed by atoms with Gasteiger partial charge in [-0.15, -0.1) is 0 Å². The van der Waals surface area contributed by atoms with Gasteiger partial charge in [0.2, 0.25) is 0 Å². The molecule has 0 aromatic carbocycles. The number of aromatic nitrogens is 1. The summed E-state index contributed by atoms with van der Waals surface area (Å²) in [5.41, 5.74) is 1.53. The molecule has 0 fully saturated rings. The van der Waals surface area contributed by atoms with Gasteiger partial charge in [-0.05, 0) is 13.3 Å². The summed E-state index contributed by atoms with van der Waals surface area (Å²) in [6.45, 7) is 3.69. The summed E-state index contributed by atoms with van der Waals surface area (Å²) < 4.78 is 0. The van der Waals surface area contributed by atoms with E-state index < -0.39 is 0 Å². The highest BCUT2D eigenvalue weighted by Crippen LogP contribution is 2.27. The number of hydrogen-bond acceptors (Lipinski definition) is 2. The van der Waals surface area contributed by atoms with Crippen LogP contribution in [0.2, 0.25) is 0 Å². The number of hydrogen-bond donors (Lipinski definition) is 3. The summed E-state index contributed by atoms with van der Waals surface area (Å²) in [6.07, 6.45) is 0.731. The fourth-order valence-electron chi connectivity index (χ4n) is 1.03. The van der Waals surface area contributed by atoms with Crippen molar-refractivity contribution >= 4 is 0 Å². The van der Waals surface area contributed by atoms with Gasteiger partial charge in [0.1, 0.15) is 0 Å². The second-order valence-corrected chi connectivity index (χ2v) is 2.28. The van der Waals surface area contributed by atoms with Gasteiger partial charge < -0.3 is 10.2 Å². The Kier molecular flexibility index (Phi) is 1.57. The average molecular weight is 141 g/mol. The van der Waals surface area contributed by atoms with Crippen LogP contribution in [0.15, 0.2) is 0 Å². The maximum Gasteiger partial charge on any atom is 0.194 e. The maximum atomic E-state index is 9.10. The Morgan fingerprint density at radius 2 is 1.90 bits per heavy atom. The number of nitrogens with one attached hydrogen (secondary N) is 1. The zero-order chi connectivity index (χ0) is 7.72. The van der Waals surface area contributed by atoms with E-state index in [1.54, 1.807) is 6.92 Å². The highest BCUT2D eigenvalue weighted by Gasteiger charge is 2.09. The lowest BCUT2D eigenvalue weighted by Gasteiger charge is -1.92. The molecule has 0 saturated heterocycles. The molecule has 0 bridgehead atoms. The molecule has 10 heavy (non-hydrogen) atoms. The van der Waals surface area contributed by atoms with Crippen LogP contribution in [-0.4, -0.2) is 15.2 Å². The molecule has 0 amide bonds. The van der Waals surface area contributed by atoms with Gasteiger partial charge in [-0.3, -0.25) is 4.98 Å². The topological polar surface area (TPSA) is 56.2 Å². The number of rotatable bonds is 1. The fraction of sp³-hybridized carbons (Fsp3) is 0.429. The summed E-state index contributed by atoms with van der Waals surface area (Å²) in [5, 5.41) is 18.1. The van der Waals surface area contributed by atoms with E-state index in [2.05, 4.69) is 4.98 Å². The Hall–Kier alpha value is -1.12. The Morgan fingerprint density at radius 1 is 1.30 bits per heavy atom. The van der Waals surface area contributed by atoms with Gasteiger partial charge >= 0.3 is 0 Å². The Balaban J connectivity index is 3.20. The van der Waals surface area contributed by atoms with Crippen molar-refractivity contribution in [2.75, 3.05) is 0 Å². The first-order valence-electron chi connectivity index (χ1n) is 3.26. The molecule has 0 atom stereocenters. The smallest absolute Gasteiger partial charge is 0.194 e. The predicted molar refractivity (Wildman–Crippen MR) is 38.2 cm³/mol. The quantitative estimate of drug-likeness (QED) is 0.552. The minimum Gasteiger partial charge on any atom is -0.494 e. The van der Waals surface area contributed by atoms with E-state index in [0.29, 0.717) is 0 Å². The molecule has 0 spiro atoms. The second kappa shape index (κ2) is 2.25. The highest BCUT2D eigenvalue weighted by atomic mass is 16.3. The van der Waals surface area contributed by atoms with E-state index in [0.717, 1.165) is 17.5 Å². The minimum atomic E-state index is 0.0642. The van der Waals surface area contributed by atoms with E-state index in [1.807, 2.05) is 6.92 Å². The van der Waals surface area contributed by atoms with Crippen LogP contribution in [0.5, 0.6) is 11.8 Å². The molecule has 0 aliphatic heterocycles. The molecule has 1 rings (SSSR count). The van der Waals surface area contributed by atoms with Gasteiger partial charge in [0.15, 0.2) is 11.8 Å². The molecule has 0 unspecified atom stereocenters. The summed E-state index contributed by atoms with van der Waals surface area (Å²) in [4.78, 5) is 2.44. The lowest BCUT2D eigenvalue weighted by molar-refractivity contribution is 0.422. The van der Waals surface area contributed by atoms with Gasteiger partial charge in [0.25, 0.3) is 0 Å². The highest BCUT2D eigenvalue weighted by molar-refractivity contribution is 5.41. The first-order valence-corrected chi connectivity index (χ1v) is 3.26. The third-order valence-corrected chi connectivity index (χ3v) is 1.68. The molecule has 0 saturated carbocycles. The Morgan fingerprint density at radius 3 is 2.10 bits per heavy atom. The van der Waals surface area contributed by atoms with Crippen LogP contribution in [0.1, 0.15) is 18.1 Å². The zero-order valence-electron chi connectivity index (χ0n) is 6.10. The van der Waals surface area contributed by atoms with E-state index in [1.165, 1.54) is 0 Å². The Labute approximate surface area is 59.3 Å². The van der Waals surface area contributed by atoms with Crippen molar-refractivity contribution in [2.45, 2.75) is 20.3 Å². The summed E-state index contributed by atoms with van der Waals surface area (Å²) in [7, 11) is 0. The number of aromatic hydroxyl groups is 2. The summed E-state index contributed by atoms with van der Waals surface area (Å²) >= 11 is 0. The zero-order valence-corrected chi connectivity index (χ0v) is 6.10. The average Bonchev–Trinajstić information content (AvgIpc) is 2.09. The van der Waals surface area contributed by atoms with Crippen molar-refractivity contribution in [1.29, 1.82) is 0 Å². The first-order chi connectivity index (χ1) is 4.66. The molecule has 3 nitrogen and oxygen atoms in total. The van der Waals surface area contributed by atoms with Crippen LogP contribution in [0.4, 0.5) is 0 Å². The standard InChI is InChI=1S/C7H11NO2/c1-3-5-4(2)6(9)8-7(5)10/h8-10H,3H2,1-2H3. The van der Waals surface area contributed by atoms with Gasteiger partial charge in [-0.25, -0.2) is 0 Å². The SMILES string of the molecule is CCc1c(O)[nH]c(O)c1C. The lowest BCUT2D eigenvalue weighted by atomic mass is 10.1. The molecule has 3 N–H and O–H groups in total. The van der Waals surface area contributed by atoms with Crippen molar-refractivity contribution in [1.82, 2.24) is 4.98 Å². The van der Waals surface area contributed by atoms with Gasteiger partial charge in [-0.2, -0.15) is 0 Å². The molecule has 0 aliphatic rings. The van der Waals surface area contributed by atoms with Crippen LogP contribution in [0.3, 0.4) is 0 Å². The van der Waals surface area contributed by atoms with Crippen molar-refractivity contribution < 1.29 is 10.2 Å². The number of aromatic amines is 1. The monoisotopic (exact) mass is 141 g/mol. The third-order valence-electron chi connectivity index (χ3n) is 1.68. The van der Waals surface area contributed by atoms with Crippen LogP contribution in [0, 0.1) is 6.92 Å². The number of H-pyrrole nitrogens is 1. The molecule has 56 valence electrons. The van der Waals surface area contributed by atoms with E-state index in [-0.39, 0.29) is 11.8 Å². The molecule has 3 heteroatoms. The molecule has 1 aromatic rings. The van der Waals surface area contributed by atoms with Crippen molar-refractivity contribution in [2.24, 2.45) is 0 Å². The molecule has 1 heterocycles. The van der Waals surface area contributed by atoms with Crippen LogP contribution in [0.25, 0.3) is 0 Å². The molecular weight excluding hydrogens is 130 g/mol. The first kappa shape index (κ1) is 6.99.